The van der Waals surface area contributed by atoms with E-state index in [2.05, 4.69) is 445 Å². The van der Waals surface area contributed by atoms with E-state index in [-0.39, 0.29) is 79.4 Å². The number of halogens is 4. The zero-order chi connectivity index (χ0) is 109. The van der Waals surface area contributed by atoms with E-state index in [0.717, 1.165) is 45.6 Å². The Morgan fingerprint density at radius 2 is 0.646 bits per heavy atom. The topological polar surface area (TPSA) is 79.6 Å². The Labute approximate surface area is 886 Å². The maximum Gasteiger partial charge on any atom is 0.416 e. The fourth-order valence-corrected chi connectivity index (χ4v) is 14.1. The summed E-state index contributed by atoms with van der Waals surface area (Å²) in [5.41, 5.74) is 23.9. The van der Waals surface area contributed by atoms with Crippen molar-refractivity contribution in [3.63, 3.8) is 0 Å². The third kappa shape index (κ3) is 49.5. The van der Waals surface area contributed by atoms with E-state index in [4.69, 9.17) is 26.3 Å². The lowest BCUT2D eigenvalue weighted by Gasteiger charge is -2.20. The largest absolute Gasteiger partial charge is 0.497 e. The average molecular weight is 2060 g/mol. The lowest BCUT2D eigenvalue weighted by Crippen LogP contribution is -2.13. The summed E-state index contributed by atoms with van der Waals surface area (Å²) in [5.74, 6) is 6.10. The summed E-state index contributed by atoms with van der Waals surface area (Å²) in [6.07, 6.45) is 1.06. The van der Waals surface area contributed by atoms with Crippen LogP contribution in [0.4, 0.5) is 13.2 Å². The van der Waals surface area contributed by atoms with Crippen molar-refractivity contribution in [2.45, 2.75) is 342 Å². The molecule has 0 aliphatic carbocycles. The number of benzene rings is 13. The van der Waals surface area contributed by atoms with Crippen LogP contribution in [0.1, 0.15) is 368 Å². The number of aliphatic hydroxyl groups excluding tert-OH is 1. The lowest BCUT2D eigenvalue weighted by atomic mass is 9.85. The number of carbonyl (C=O) groups is 1. The molecule has 0 saturated carbocycles. The number of hydrogen-bond donors (Lipinski definition) is 1. The Hall–Kier alpha value is -11.3. The van der Waals surface area contributed by atoms with Gasteiger partial charge in [0, 0.05) is 14.7 Å². The lowest BCUT2D eigenvalue weighted by molar-refractivity contribution is -0.137. The van der Waals surface area contributed by atoms with Gasteiger partial charge >= 0.3 is 6.18 Å². The van der Waals surface area contributed by atoms with Gasteiger partial charge in [0.05, 0.1) is 30.9 Å². The number of methoxy groups -OCH3 is 1. The van der Waals surface area contributed by atoms with E-state index < -0.39 is 11.7 Å². The van der Waals surface area contributed by atoms with Gasteiger partial charge in [-0.25, -0.2) is 0 Å². The number of hydrogen-bond acceptors (Lipinski definition) is 5. The number of nitriles is 1. The van der Waals surface area contributed by atoms with Crippen molar-refractivity contribution in [2.75, 3.05) is 7.11 Å². The van der Waals surface area contributed by atoms with Crippen LogP contribution in [0, 0.1) is 34.2 Å². The summed E-state index contributed by atoms with van der Waals surface area (Å²) in [7, 11) is 1.70. The number of Topliss-reactive ketones (excluding diaryl/α,β-unsaturated/α-hetero) is 1. The molecule has 0 spiro atoms. The van der Waals surface area contributed by atoms with Crippen LogP contribution in [0.15, 0.2) is 328 Å². The third-order valence-electron chi connectivity index (χ3n) is 23.4. The second-order valence-corrected chi connectivity index (χ2v) is 49.3. The van der Waals surface area contributed by atoms with Gasteiger partial charge in [0.2, 0.25) is 0 Å². The van der Waals surface area contributed by atoms with E-state index >= 15 is 0 Å². The Balaban J connectivity index is 0.000000536. The van der Waals surface area contributed by atoms with Crippen molar-refractivity contribution < 1.29 is 32.5 Å². The molecule has 5 nitrogen and oxygen atoms in total. The fraction of sp³-hybridized carbons (Fsp3) is 0.393. The fourth-order valence-electron chi connectivity index (χ4n) is 13.6. The molecule has 0 fully saturated rings. The molecule has 0 radical (unpaired) electrons. The molecule has 144 heavy (non-hydrogen) atoms. The van der Waals surface area contributed by atoms with Crippen molar-refractivity contribution in [1.29, 1.82) is 5.26 Å². The number of aryl methyl sites for hydroxylation is 1. The van der Waals surface area contributed by atoms with E-state index in [9.17, 15) is 18.0 Å². The average Bonchev–Trinajstić information content (AvgIpc) is 0.819. The first kappa shape index (κ1) is 129. The third-order valence-corrected chi connectivity index (χ3v) is 24.1. The number of rotatable bonds is 7. The number of ether oxygens (including phenoxy) is 2. The molecule has 13 rings (SSSR count). The number of para-hydroxylation sites is 1. The van der Waals surface area contributed by atoms with Gasteiger partial charge in [-0.2, -0.15) is 18.4 Å². The molecule has 0 aromatic heterocycles. The first-order valence-electron chi connectivity index (χ1n) is 50.0. The maximum absolute atomic E-state index is 12.4. The van der Waals surface area contributed by atoms with Gasteiger partial charge in [-0.1, -0.05) is 504 Å². The zero-order valence-electron chi connectivity index (χ0n) is 94.2. The Bertz CT molecular complexity index is 5830. The highest BCUT2D eigenvalue weighted by molar-refractivity contribution is 14.1. The van der Waals surface area contributed by atoms with E-state index in [0.29, 0.717) is 11.5 Å². The normalized spacial score (nSPS) is 11.5. The van der Waals surface area contributed by atoms with Crippen LogP contribution in [0.2, 0.25) is 0 Å². The zero-order valence-corrected chi connectivity index (χ0v) is 96.3. The highest BCUT2D eigenvalue weighted by Gasteiger charge is 2.32. The summed E-state index contributed by atoms with van der Waals surface area (Å²) >= 11 is 2.35. The van der Waals surface area contributed by atoms with E-state index in [1.807, 2.05) is 142 Å². The summed E-state index contributed by atoms with van der Waals surface area (Å²) < 4.78 is 49.3. The summed E-state index contributed by atoms with van der Waals surface area (Å²) in [6, 6.07) is 111. The van der Waals surface area contributed by atoms with Crippen LogP contribution in [0.5, 0.6) is 17.2 Å². The van der Waals surface area contributed by atoms with E-state index in [1.165, 1.54) is 93.6 Å². The number of ketones is 1. The van der Waals surface area contributed by atoms with Gasteiger partial charge in [-0.15, -0.1) is 6.42 Å². The monoisotopic (exact) mass is 2060 g/mol. The molecule has 0 heterocycles. The number of aliphatic hydroxyl groups is 1. The predicted molar refractivity (Wildman–Crippen MR) is 627 cm³/mol. The highest BCUT2D eigenvalue weighted by Crippen LogP contribution is 2.36. The standard InChI is InChI=1S/C16H18O.C16H18.C13H20.C12H16O.C12H14.C11H13F3.C11H13N.2C11H16O.C11H16.C10H13I.CH4/c1-16(2,3)13-8-7-11-15(12-13)17-14-9-5-4-6-10-14;1-16(2,3)15-11-9-14(10-12-15)13-7-5-4-6-8-13;1-10(2)11-7-6-8-12(9-11)13(3,4)5;1-9(13)10-6-5-7-11(8-10)12(2,3)4;1-5-10-7-6-8-11(9-10)12(2,3)4;1-10(2,3)8-5-4-6-9(7-8)11(12,13)14;1-11(2,3)10-6-4-5-9(7-10)8-12;1-11(2,3)9-6-5-7-10(8-9)12-4;1-11(2,3)10-6-4-5-9(7-10)8-12;1-9-6-5-7-10(8-9)11(2,3)4;1-10(2,3)8-5-4-6-9(11)7-8;/h4-12H,1-3H3;4-12H,1-3H3;6-10H,1-5H3;5-8H,1-4H3;1,6-9H,2-4H3;4-7H,1-3H3;4-7H,1-3H3;5-8H,1-4H3;4-7,12H,8H2,1-3H3;5-8H,1-4H3;4-7H,1-3H3;1H4. The molecule has 13 aromatic rings. The molecule has 0 atom stereocenters. The van der Waals surface area contributed by atoms with Gasteiger partial charge in [-0.05, 0) is 270 Å². The molecule has 1 N–H and O–H groups in total. The van der Waals surface area contributed by atoms with Crippen LogP contribution in [0.25, 0.3) is 11.1 Å². The minimum absolute atomic E-state index is 0. The molecule has 0 unspecified atom stereocenters. The number of alkyl halides is 3. The molecule has 9 heteroatoms. The van der Waals surface area contributed by atoms with Crippen molar-refractivity contribution in [3.05, 3.63) is 431 Å². The van der Waals surface area contributed by atoms with Crippen molar-refractivity contribution >= 4 is 28.4 Å². The Morgan fingerprint density at radius 3 is 1.03 bits per heavy atom. The van der Waals surface area contributed by atoms with Crippen LogP contribution >= 0.6 is 22.6 Å². The SMILES string of the molecule is C.C#Cc1cccc(C(C)(C)C)c1.CC(=O)c1cccc(C(C)(C)C)c1.CC(C)(C)c1ccc(-c2ccccc2)cc1.CC(C)(C)c1cccc(C#N)c1.CC(C)(C)c1cccc(C(F)(F)F)c1.CC(C)(C)c1cccc(CO)c1.CC(C)(C)c1cccc(I)c1.CC(C)(C)c1cccc(Oc2ccccc2)c1.CC(C)c1cccc(C(C)(C)C)c1.COc1cccc(C(C)(C)C)c1.Cc1cccc(C(C)(C)C)c1. The molecule has 13 aromatic carbocycles. The van der Waals surface area contributed by atoms with Gasteiger partial charge in [0.25, 0.3) is 0 Å². The van der Waals surface area contributed by atoms with Crippen molar-refractivity contribution in [1.82, 2.24) is 0 Å². The Kier molecular flexibility index (Phi) is 51.4. The minimum Gasteiger partial charge on any atom is -0.497 e. The van der Waals surface area contributed by atoms with Crippen LogP contribution < -0.4 is 9.47 Å². The highest BCUT2D eigenvalue weighted by atomic mass is 127. The van der Waals surface area contributed by atoms with Crippen LogP contribution in [0.3, 0.4) is 0 Å². The maximum atomic E-state index is 12.4. The number of carbonyl (C=O) groups excluding carboxylic acids is 1. The predicted octanol–water partition coefficient (Wildman–Crippen LogP) is 39.5. The second kappa shape index (κ2) is 57.5. The Morgan fingerprint density at radius 1 is 0.333 bits per heavy atom. The summed E-state index contributed by atoms with van der Waals surface area (Å²) in [5, 5.41) is 17.6. The minimum atomic E-state index is -4.25. The van der Waals surface area contributed by atoms with Gasteiger partial charge in [-0.3, -0.25) is 4.79 Å². The van der Waals surface area contributed by atoms with Gasteiger partial charge < -0.3 is 14.6 Å². The number of terminal acetylenes is 1. The van der Waals surface area contributed by atoms with Gasteiger partial charge in [0.15, 0.2) is 5.78 Å². The second-order valence-electron chi connectivity index (χ2n) is 48.0. The smallest absolute Gasteiger partial charge is 0.416 e. The molecule has 0 amide bonds. The first-order chi connectivity index (χ1) is 65.8. The molecule has 0 aliphatic rings. The molecule has 0 saturated heterocycles. The summed E-state index contributed by atoms with van der Waals surface area (Å²) in [6.45, 7) is 80.0. The molecular formula is C135H177F3INO4. The number of nitrogens with zero attached hydrogens (tertiary/aromatic N) is 1. The molecule has 0 aliphatic heterocycles. The molecule has 774 valence electrons. The quantitative estimate of drug-likeness (QED) is 0.0977. The molecular weight excluding hydrogens is 1880 g/mol. The van der Waals surface area contributed by atoms with Crippen LogP contribution in [-0.2, 0) is 72.3 Å². The summed E-state index contributed by atoms with van der Waals surface area (Å²) in [4.78, 5) is 11.1. The van der Waals surface area contributed by atoms with Crippen molar-refractivity contribution in [3.8, 4) is 46.8 Å². The van der Waals surface area contributed by atoms with Crippen molar-refractivity contribution in [2.24, 2.45) is 0 Å². The van der Waals surface area contributed by atoms with E-state index in [1.54, 1.807) is 20.1 Å². The first-order valence-corrected chi connectivity index (χ1v) is 51.0. The van der Waals surface area contributed by atoms with Gasteiger partial charge in [0.1, 0.15) is 17.2 Å². The van der Waals surface area contributed by atoms with Crippen LogP contribution in [-0.4, -0.2) is 18.0 Å². The molecule has 0 bridgehead atoms.